The quantitative estimate of drug-likeness (QED) is 0.651. The van der Waals surface area contributed by atoms with Gasteiger partial charge in [0.1, 0.15) is 5.75 Å². The third kappa shape index (κ3) is 2.14. The van der Waals surface area contributed by atoms with Crippen molar-refractivity contribution in [3.63, 3.8) is 0 Å². The molecule has 1 aromatic carbocycles. The van der Waals surface area contributed by atoms with Gasteiger partial charge >= 0.3 is 0 Å². The summed E-state index contributed by atoms with van der Waals surface area (Å²) >= 11 is 0. The number of methoxy groups -OCH3 is 1. The minimum absolute atomic E-state index is 0.0771. The average molecular weight is 179 g/mol. The highest BCUT2D eigenvalue weighted by Gasteiger charge is 2.19. The van der Waals surface area contributed by atoms with Gasteiger partial charge in [-0.25, -0.2) is 0 Å². The zero-order chi connectivity index (χ0) is 10.1. The molecule has 1 aromatic rings. The van der Waals surface area contributed by atoms with E-state index in [1.807, 2.05) is 26.8 Å². The Kier molecular flexibility index (Phi) is 2.50. The summed E-state index contributed by atoms with van der Waals surface area (Å²) in [4.78, 5) is 0. The molecule has 0 aliphatic carbocycles. The minimum Gasteiger partial charge on any atom is -0.497 e. The fourth-order valence-electron chi connectivity index (χ4n) is 1.22. The summed E-state index contributed by atoms with van der Waals surface area (Å²) in [5, 5.41) is 11.5. The second kappa shape index (κ2) is 3.29. The monoisotopic (exact) mass is 179 g/mol. The van der Waals surface area contributed by atoms with Gasteiger partial charge in [0.05, 0.1) is 7.11 Å². The van der Waals surface area contributed by atoms with E-state index >= 15 is 0 Å². The van der Waals surface area contributed by atoms with E-state index in [1.54, 1.807) is 19.2 Å². The van der Waals surface area contributed by atoms with Crippen LogP contribution < -0.4 is 4.74 Å². The Bertz CT molecular complexity index is 297. The largest absolute Gasteiger partial charge is 0.497 e. The van der Waals surface area contributed by atoms with E-state index < -0.39 is 0 Å². The molecule has 0 heterocycles. The Morgan fingerprint density at radius 1 is 1.23 bits per heavy atom. The highest BCUT2D eigenvalue weighted by molar-refractivity contribution is 5.42. The molecule has 0 saturated heterocycles. The first kappa shape index (κ1) is 9.90. The summed E-state index contributed by atoms with van der Waals surface area (Å²) < 4.78 is 5.07. The second-order valence-corrected chi connectivity index (χ2v) is 4.11. The van der Waals surface area contributed by atoms with Gasteiger partial charge in [-0.05, 0) is 23.6 Å². The Morgan fingerprint density at radius 3 is 2.31 bits per heavy atom. The van der Waals surface area contributed by atoms with Gasteiger partial charge in [-0.1, -0.05) is 20.8 Å². The van der Waals surface area contributed by atoms with E-state index in [-0.39, 0.29) is 11.2 Å². The topological polar surface area (TPSA) is 29.1 Å². The summed E-state index contributed by atoms with van der Waals surface area (Å²) in [7, 11) is 1.60. The molecule has 0 aliphatic heterocycles. The lowest BCUT2D eigenvalue weighted by Gasteiger charge is -2.19. The van der Waals surface area contributed by atoms with Crippen molar-refractivity contribution in [3.8, 4) is 11.5 Å². The zero-order valence-corrected chi connectivity index (χ0v) is 8.55. The van der Waals surface area contributed by atoms with E-state index in [0.717, 1.165) is 11.3 Å². The molecule has 1 radical (unpaired) electrons. The summed E-state index contributed by atoms with van der Waals surface area (Å²) in [6.07, 6.45) is 0. The minimum atomic E-state index is -0.119. The van der Waals surface area contributed by atoms with Gasteiger partial charge in [0.25, 0.3) is 0 Å². The molecule has 0 unspecified atom stereocenters. The molecule has 71 valence electrons. The lowest BCUT2D eigenvalue weighted by atomic mass is 9.86. The van der Waals surface area contributed by atoms with Crippen molar-refractivity contribution in [3.05, 3.63) is 23.8 Å². The lowest BCUT2D eigenvalue weighted by Crippen LogP contribution is -2.11. The number of hydrogen-bond acceptors (Lipinski definition) is 1. The van der Waals surface area contributed by atoms with Crippen LogP contribution in [0, 0.1) is 0 Å². The molecular weight excluding hydrogens is 164 g/mol. The predicted molar refractivity (Wildman–Crippen MR) is 51.8 cm³/mol. The van der Waals surface area contributed by atoms with Crippen LogP contribution in [0.4, 0.5) is 0 Å². The van der Waals surface area contributed by atoms with Crippen LogP contribution in [0.2, 0.25) is 0 Å². The van der Waals surface area contributed by atoms with Gasteiger partial charge in [-0.3, -0.25) is 5.11 Å². The second-order valence-electron chi connectivity index (χ2n) is 4.11. The van der Waals surface area contributed by atoms with E-state index in [2.05, 4.69) is 0 Å². The summed E-state index contributed by atoms with van der Waals surface area (Å²) in [6.45, 7) is 6.05. The van der Waals surface area contributed by atoms with E-state index in [1.165, 1.54) is 0 Å². The molecule has 0 aromatic heterocycles. The zero-order valence-electron chi connectivity index (χ0n) is 8.55. The number of hydrogen-bond donors (Lipinski definition) is 0. The van der Waals surface area contributed by atoms with Crippen LogP contribution in [-0.2, 0) is 10.5 Å². The maximum Gasteiger partial charge on any atom is 0.182 e. The molecular formula is C11H15O2. The third-order valence-electron chi connectivity index (χ3n) is 1.99. The molecule has 0 fully saturated rings. The smallest absolute Gasteiger partial charge is 0.182 e. The van der Waals surface area contributed by atoms with Gasteiger partial charge in [0.15, 0.2) is 5.75 Å². The van der Waals surface area contributed by atoms with Crippen LogP contribution in [0.5, 0.6) is 11.5 Å². The standard InChI is InChI=1S/C11H15O2/c1-11(2,3)9-7-8(13-4)5-6-10(9)12/h5-7H,1-4H3. The SMILES string of the molecule is COc1ccc([O])c(C(C)(C)C)c1. The van der Waals surface area contributed by atoms with E-state index in [4.69, 9.17) is 4.74 Å². The van der Waals surface area contributed by atoms with Crippen LogP contribution in [0.25, 0.3) is 0 Å². The number of rotatable bonds is 1. The van der Waals surface area contributed by atoms with E-state index in [0.29, 0.717) is 0 Å². The normalized spacial score (nSPS) is 11.4. The maximum atomic E-state index is 11.5. The van der Waals surface area contributed by atoms with Gasteiger partial charge in [0, 0.05) is 5.56 Å². The van der Waals surface area contributed by atoms with Gasteiger partial charge in [0.2, 0.25) is 0 Å². The summed E-state index contributed by atoms with van der Waals surface area (Å²) in [5.74, 6) is 0.817. The fraction of sp³-hybridized carbons (Fsp3) is 0.455. The van der Waals surface area contributed by atoms with Crippen LogP contribution in [0.15, 0.2) is 18.2 Å². The van der Waals surface area contributed by atoms with Crippen molar-refractivity contribution in [2.75, 3.05) is 7.11 Å². The first-order valence-electron chi connectivity index (χ1n) is 4.30. The molecule has 13 heavy (non-hydrogen) atoms. The van der Waals surface area contributed by atoms with Crippen molar-refractivity contribution in [1.82, 2.24) is 0 Å². The van der Waals surface area contributed by atoms with Crippen molar-refractivity contribution in [1.29, 1.82) is 0 Å². The van der Waals surface area contributed by atoms with Crippen molar-refractivity contribution >= 4 is 0 Å². The van der Waals surface area contributed by atoms with Gasteiger partial charge < -0.3 is 4.74 Å². The predicted octanol–water partition coefficient (Wildman–Crippen LogP) is 3.14. The first-order valence-corrected chi connectivity index (χ1v) is 4.30. The first-order chi connectivity index (χ1) is 5.95. The third-order valence-corrected chi connectivity index (χ3v) is 1.99. The molecule has 0 saturated carbocycles. The van der Waals surface area contributed by atoms with Crippen LogP contribution in [0.1, 0.15) is 26.3 Å². The summed E-state index contributed by atoms with van der Waals surface area (Å²) in [5.41, 5.74) is 0.679. The van der Waals surface area contributed by atoms with Crippen molar-refractivity contribution in [2.24, 2.45) is 0 Å². The molecule has 2 heteroatoms. The molecule has 2 nitrogen and oxygen atoms in total. The van der Waals surface area contributed by atoms with Crippen LogP contribution in [0.3, 0.4) is 0 Å². The Labute approximate surface area is 79.2 Å². The molecule has 0 spiro atoms. The highest BCUT2D eigenvalue weighted by atomic mass is 16.5. The highest BCUT2D eigenvalue weighted by Crippen LogP contribution is 2.33. The Balaban J connectivity index is 3.19. The molecule has 0 amide bonds. The molecule has 0 N–H and O–H groups in total. The number of ether oxygens (including phenoxy) is 1. The summed E-state index contributed by atoms with van der Waals surface area (Å²) in [6, 6.07) is 5.05. The number of benzene rings is 1. The molecule has 0 aliphatic rings. The average Bonchev–Trinajstić information content (AvgIpc) is 2.03. The molecule has 0 atom stereocenters. The van der Waals surface area contributed by atoms with Gasteiger partial charge in [-0.2, -0.15) is 0 Å². The Morgan fingerprint density at radius 2 is 1.85 bits per heavy atom. The van der Waals surface area contributed by atoms with Gasteiger partial charge in [-0.15, -0.1) is 0 Å². The van der Waals surface area contributed by atoms with E-state index in [9.17, 15) is 5.11 Å². The lowest BCUT2D eigenvalue weighted by molar-refractivity contribution is 0.338. The van der Waals surface area contributed by atoms with Crippen LogP contribution in [-0.4, -0.2) is 7.11 Å². The van der Waals surface area contributed by atoms with Crippen molar-refractivity contribution < 1.29 is 9.84 Å². The fourth-order valence-corrected chi connectivity index (χ4v) is 1.22. The van der Waals surface area contributed by atoms with Crippen molar-refractivity contribution in [2.45, 2.75) is 26.2 Å². The van der Waals surface area contributed by atoms with Crippen LogP contribution >= 0.6 is 0 Å². The Hall–Kier alpha value is -1.18. The molecule has 0 bridgehead atoms. The molecule has 1 rings (SSSR count). The maximum absolute atomic E-state index is 11.5.